The van der Waals surface area contributed by atoms with Crippen molar-refractivity contribution in [3.63, 3.8) is 0 Å². The van der Waals surface area contributed by atoms with Crippen molar-refractivity contribution in [2.75, 3.05) is 19.0 Å². The van der Waals surface area contributed by atoms with Gasteiger partial charge < -0.3 is 10.6 Å². The zero-order valence-electron chi connectivity index (χ0n) is 9.14. The summed E-state index contributed by atoms with van der Waals surface area (Å²) in [6.45, 7) is 0. The summed E-state index contributed by atoms with van der Waals surface area (Å²) in [6, 6.07) is 3.54. The molecule has 5 heteroatoms. The van der Waals surface area contributed by atoms with E-state index in [1.54, 1.807) is 29.4 Å². The maximum atomic E-state index is 11.3. The van der Waals surface area contributed by atoms with Crippen LogP contribution in [0.3, 0.4) is 0 Å². The highest BCUT2D eigenvalue weighted by Gasteiger charge is 2.12. The number of carbonyl (C=O) groups excluding carboxylic acids is 1. The van der Waals surface area contributed by atoms with Crippen LogP contribution < -0.4 is 10.6 Å². The fourth-order valence-electron chi connectivity index (χ4n) is 1.53. The lowest BCUT2D eigenvalue weighted by Crippen LogP contribution is -2.20. The molecule has 0 bridgehead atoms. The molecule has 2 heterocycles. The molecular weight excluding hydrogens is 204 g/mol. The molecule has 0 aliphatic heterocycles. The number of anilines is 1. The second kappa shape index (κ2) is 3.77. The molecule has 0 saturated carbocycles. The Kier molecular flexibility index (Phi) is 2.44. The van der Waals surface area contributed by atoms with Crippen molar-refractivity contribution in [3.05, 3.63) is 30.1 Å². The zero-order valence-corrected chi connectivity index (χ0v) is 9.14. The van der Waals surface area contributed by atoms with Gasteiger partial charge in [-0.3, -0.25) is 9.78 Å². The summed E-state index contributed by atoms with van der Waals surface area (Å²) in [4.78, 5) is 21.4. The average Bonchev–Trinajstić information content (AvgIpc) is 2.27. The molecule has 5 nitrogen and oxygen atoms in total. The van der Waals surface area contributed by atoms with Crippen LogP contribution in [0.15, 0.2) is 24.5 Å². The molecular formula is C11H12N4O. The average molecular weight is 216 g/mol. The molecule has 0 saturated heterocycles. The monoisotopic (exact) mass is 216 g/mol. The molecule has 82 valence electrons. The summed E-state index contributed by atoms with van der Waals surface area (Å²) < 4.78 is 0. The maximum Gasteiger partial charge on any atom is 0.252 e. The van der Waals surface area contributed by atoms with Crippen LogP contribution in [-0.4, -0.2) is 30.0 Å². The molecule has 0 fully saturated rings. The summed E-state index contributed by atoms with van der Waals surface area (Å²) in [5.74, 6) is 0.0860. The van der Waals surface area contributed by atoms with Crippen LogP contribution in [-0.2, 0) is 0 Å². The minimum atomic E-state index is -0.477. The number of aromatic nitrogens is 2. The van der Waals surface area contributed by atoms with Gasteiger partial charge in [0.15, 0.2) is 0 Å². The van der Waals surface area contributed by atoms with Crippen LogP contribution in [0.4, 0.5) is 5.82 Å². The van der Waals surface area contributed by atoms with Crippen LogP contribution in [0.25, 0.3) is 10.9 Å². The van der Waals surface area contributed by atoms with Gasteiger partial charge in [-0.1, -0.05) is 0 Å². The van der Waals surface area contributed by atoms with Gasteiger partial charge in [-0.15, -0.1) is 0 Å². The summed E-state index contributed by atoms with van der Waals surface area (Å²) in [5.41, 5.74) is 6.49. The van der Waals surface area contributed by atoms with Crippen molar-refractivity contribution in [2.24, 2.45) is 5.73 Å². The van der Waals surface area contributed by atoms with Crippen molar-refractivity contribution >= 4 is 22.6 Å². The van der Waals surface area contributed by atoms with E-state index in [0.717, 1.165) is 10.9 Å². The summed E-state index contributed by atoms with van der Waals surface area (Å²) in [5, 5.41) is 0.856. The Morgan fingerprint density at radius 3 is 2.81 bits per heavy atom. The van der Waals surface area contributed by atoms with E-state index < -0.39 is 5.91 Å². The van der Waals surface area contributed by atoms with E-state index in [1.165, 1.54) is 0 Å². The topological polar surface area (TPSA) is 72.1 Å². The number of rotatable bonds is 2. The van der Waals surface area contributed by atoms with Crippen molar-refractivity contribution in [2.45, 2.75) is 0 Å². The number of primary amides is 1. The van der Waals surface area contributed by atoms with Crippen molar-refractivity contribution in [3.8, 4) is 0 Å². The second-order valence-electron chi connectivity index (χ2n) is 3.69. The number of nitrogens with zero attached hydrogens (tertiary/aromatic N) is 3. The number of pyridine rings is 2. The van der Waals surface area contributed by atoms with Crippen LogP contribution in [0.2, 0.25) is 0 Å². The molecule has 0 radical (unpaired) electrons. The molecule has 0 aliphatic rings. The largest absolute Gasteiger partial charge is 0.365 e. The molecule has 0 aliphatic carbocycles. The van der Waals surface area contributed by atoms with Crippen molar-refractivity contribution in [1.82, 2.24) is 9.97 Å². The third-order valence-electron chi connectivity index (χ3n) is 2.29. The first-order valence-electron chi connectivity index (χ1n) is 4.81. The number of hydrogen-bond acceptors (Lipinski definition) is 4. The van der Waals surface area contributed by atoms with Crippen LogP contribution in [0.1, 0.15) is 10.4 Å². The summed E-state index contributed by atoms with van der Waals surface area (Å²) in [6.07, 6.45) is 3.32. The lowest BCUT2D eigenvalue weighted by Gasteiger charge is -2.15. The molecule has 2 rings (SSSR count). The van der Waals surface area contributed by atoms with Gasteiger partial charge in [0.05, 0.1) is 17.3 Å². The predicted molar refractivity (Wildman–Crippen MR) is 62.4 cm³/mol. The maximum absolute atomic E-state index is 11.3. The van der Waals surface area contributed by atoms with Gasteiger partial charge in [0.2, 0.25) is 0 Å². The Balaban J connectivity index is 2.76. The lowest BCUT2D eigenvalue weighted by molar-refractivity contribution is 0.100. The van der Waals surface area contributed by atoms with Crippen molar-refractivity contribution < 1.29 is 4.79 Å². The first-order chi connectivity index (χ1) is 7.59. The normalized spacial score (nSPS) is 10.4. The molecule has 0 aromatic carbocycles. The lowest BCUT2D eigenvalue weighted by atomic mass is 10.1. The molecule has 0 unspecified atom stereocenters. The predicted octanol–water partition coefficient (Wildman–Crippen LogP) is 0.795. The fourth-order valence-corrected chi connectivity index (χ4v) is 1.53. The first-order valence-corrected chi connectivity index (χ1v) is 4.81. The molecule has 2 N–H and O–H groups in total. The number of hydrogen-bond donors (Lipinski definition) is 1. The van der Waals surface area contributed by atoms with E-state index in [2.05, 4.69) is 9.97 Å². The van der Waals surface area contributed by atoms with E-state index in [4.69, 9.17) is 5.73 Å². The quantitative estimate of drug-likeness (QED) is 0.805. The summed E-state index contributed by atoms with van der Waals surface area (Å²) in [7, 11) is 3.63. The minimum Gasteiger partial charge on any atom is -0.365 e. The van der Waals surface area contributed by atoms with Gasteiger partial charge >= 0.3 is 0 Å². The van der Waals surface area contributed by atoms with Gasteiger partial charge in [0.25, 0.3) is 5.91 Å². The van der Waals surface area contributed by atoms with Crippen LogP contribution >= 0.6 is 0 Å². The van der Waals surface area contributed by atoms with Crippen LogP contribution in [0.5, 0.6) is 0 Å². The van der Waals surface area contributed by atoms with E-state index >= 15 is 0 Å². The fraction of sp³-hybridized carbons (Fsp3) is 0.182. The number of nitrogens with two attached hydrogens (primary N) is 1. The Morgan fingerprint density at radius 2 is 2.19 bits per heavy atom. The highest BCUT2D eigenvalue weighted by Crippen LogP contribution is 2.21. The molecule has 0 spiro atoms. The van der Waals surface area contributed by atoms with E-state index in [9.17, 15) is 4.79 Å². The van der Waals surface area contributed by atoms with E-state index in [0.29, 0.717) is 11.4 Å². The molecule has 0 atom stereocenters. The van der Waals surface area contributed by atoms with Crippen LogP contribution in [0, 0.1) is 0 Å². The van der Waals surface area contributed by atoms with Gasteiger partial charge in [-0.2, -0.15) is 0 Å². The molecule has 1 amide bonds. The summed E-state index contributed by atoms with van der Waals surface area (Å²) >= 11 is 0. The van der Waals surface area contributed by atoms with Crippen molar-refractivity contribution in [1.29, 1.82) is 0 Å². The molecule has 16 heavy (non-hydrogen) atoms. The third kappa shape index (κ3) is 1.67. The Labute approximate surface area is 92.9 Å². The van der Waals surface area contributed by atoms with E-state index in [1.807, 2.05) is 14.1 Å². The van der Waals surface area contributed by atoms with Gasteiger partial charge in [-0.25, -0.2) is 4.98 Å². The Hall–Kier alpha value is -2.17. The second-order valence-corrected chi connectivity index (χ2v) is 3.69. The number of carbonyl (C=O) groups is 1. The van der Waals surface area contributed by atoms with Gasteiger partial charge in [0, 0.05) is 25.7 Å². The first kappa shape index (κ1) is 10.4. The van der Waals surface area contributed by atoms with E-state index in [-0.39, 0.29) is 0 Å². The number of fused-ring (bicyclic) bond motifs is 1. The smallest absolute Gasteiger partial charge is 0.252 e. The Bertz CT molecular complexity index is 551. The molecule has 2 aromatic heterocycles. The molecule has 2 aromatic rings. The van der Waals surface area contributed by atoms with Gasteiger partial charge in [-0.05, 0) is 12.1 Å². The number of amides is 1. The SMILES string of the molecule is CN(C)c1nc2cnccc2cc1C(N)=O. The standard InChI is InChI=1S/C11H12N4O/c1-15(2)11-8(10(12)16)5-7-3-4-13-6-9(7)14-11/h3-6H,1-2H3,(H2,12,16). The third-order valence-corrected chi connectivity index (χ3v) is 2.29. The zero-order chi connectivity index (χ0) is 11.7. The van der Waals surface area contributed by atoms with Gasteiger partial charge in [0.1, 0.15) is 5.82 Å². The highest BCUT2D eigenvalue weighted by molar-refractivity contribution is 6.01. The highest BCUT2D eigenvalue weighted by atomic mass is 16.1. The minimum absolute atomic E-state index is 0.420. The Morgan fingerprint density at radius 1 is 1.44 bits per heavy atom.